The molecule has 4 heterocycles. The molecule has 5 rings (SSSR count). The lowest BCUT2D eigenvalue weighted by Crippen LogP contribution is -2.41. The fourth-order valence-electron chi connectivity index (χ4n) is 3.79. The van der Waals surface area contributed by atoms with E-state index in [-0.39, 0.29) is 22.2 Å². The molecule has 1 unspecified atom stereocenters. The number of fused-ring (bicyclic) bond motifs is 2. The lowest BCUT2D eigenvalue weighted by atomic mass is 9.98. The number of oxazole rings is 1. The van der Waals surface area contributed by atoms with Crippen LogP contribution in [-0.4, -0.2) is 42.4 Å². The van der Waals surface area contributed by atoms with Crippen molar-refractivity contribution < 1.29 is 14.3 Å². The zero-order valence-corrected chi connectivity index (χ0v) is 17.6. The Bertz CT molecular complexity index is 1250. The topological polar surface area (TPSA) is 108 Å². The molecule has 1 amide bonds. The summed E-state index contributed by atoms with van der Waals surface area (Å²) in [5.74, 6) is -0.200. The predicted octanol–water partition coefficient (Wildman–Crippen LogP) is 3.55. The molecule has 0 spiro atoms. The Labute approximate surface area is 180 Å². The zero-order chi connectivity index (χ0) is 20.8. The molecular formula is C21H18BrN5O3. The second-order valence-corrected chi connectivity index (χ2v) is 7.95. The van der Waals surface area contributed by atoms with Crippen molar-refractivity contribution in [2.45, 2.75) is 25.5 Å². The first kappa shape index (κ1) is 19.0. The summed E-state index contributed by atoms with van der Waals surface area (Å²) in [6.07, 6.45) is 1.36. The van der Waals surface area contributed by atoms with Gasteiger partial charge in [0, 0.05) is 24.0 Å². The molecular weight excluding hydrogens is 450 g/mol. The van der Waals surface area contributed by atoms with Gasteiger partial charge in [-0.2, -0.15) is 0 Å². The number of aromatic nitrogens is 4. The number of halogens is 1. The van der Waals surface area contributed by atoms with Crippen LogP contribution in [0.1, 0.15) is 52.6 Å². The number of para-hydroxylation sites is 1. The quantitative estimate of drug-likeness (QED) is 0.476. The van der Waals surface area contributed by atoms with Gasteiger partial charge in [-0.15, -0.1) is 0 Å². The molecule has 2 N–H and O–H groups in total. The first-order valence-corrected chi connectivity index (χ1v) is 10.4. The zero-order valence-electron chi connectivity index (χ0n) is 16.0. The number of hydrogen-bond donors (Lipinski definition) is 2. The van der Waals surface area contributed by atoms with Crippen LogP contribution in [0.4, 0.5) is 0 Å². The van der Waals surface area contributed by atoms with Crippen LogP contribution in [0.15, 0.2) is 51.7 Å². The molecule has 152 valence electrons. The van der Waals surface area contributed by atoms with E-state index in [4.69, 9.17) is 9.40 Å². The molecule has 0 radical (unpaired) electrons. The number of nitrogens with one attached hydrogen (secondary N) is 1. The standard InChI is InChI=1S/C21H18BrN5O3/c1-11(28)20-26-19(22)18(30-20)21(29)27-9-8-14-16(24-10-23-14)17(27)15-7-6-12-4-2-3-5-13(12)25-15/h2-7,10-11,17,28H,8-9H2,1H3,(H,23,24)/t11?,17-/m0/s1. The highest BCUT2D eigenvalue weighted by Gasteiger charge is 2.38. The molecule has 3 aromatic heterocycles. The van der Waals surface area contributed by atoms with Crippen LogP contribution in [-0.2, 0) is 6.42 Å². The second kappa shape index (κ2) is 7.33. The summed E-state index contributed by atoms with van der Waals surface area (Å²) in [4.78, 5) is 31.7. The van der Waals surface area contributed by atoms with Gasteiger partial charge in [0.25, 0.3) is 5.91 Å². The molecule has 8 nitrogen and oxygen atoms in total. The molecule has 0 saturated carbocycles. The highest BCUT2D eigenvalue weighted by molar-refractivity contribution is 9.10. The minimum Gasteiger partial charge on any atom is -0.431 e. The number of aliphatic hydroxyl groups is 1. The molecule has 9 heteroatoms. The summed E-state index contributed by atoms with van der Waals surface area (Å²) in [5.41, 5.74) is 3.33. The third-order valence-corrected chi connectivity index (χ3v) is 5.78. The molecule has 0 aliphatic carbocycles. The van der Waals surface area contributed by atoms with E-state index in [1.165, 1.54) is 6.92 Å². The number of imidazole rings is 1. The smallest absolute Gasteiger partial charge is 0.293 e. The maximum absolute atomic E-state index is 13.5. The Hall–Kier alpha value is -3.04. The SMILES string of the molecule is CC(O)c1nc(Br)c(C(=O)N2CCc3[nH]cnc3[C@@H]2c2ccc3ccccc3n2)o1. The molecule has 2 atom stereocenters. The van der Waals surface area contributed by atoms with Gasteiger partial charge in [-0.3, -0.25) is 9.78 Å². The van der Waals surface area contributed by atoms with Crippen molar-refractivity contribution in [1.29, 1.82) is 0 Å². The van der Waals surface area contributed by atoms with Crippen LogP contribution < -0.4 is 0 Å². The maximum atomic E-state index is 13.5. The van der Waals surface area contributed by atoms with Gasteiger partial charge in [0.15, 0.2) is 4.60 Å². The van der Waals surface area contributed by atoms with E-state index < -0.39 is 12.1 Å². The molecule has 4 aromatic rings. The third-order valence-electron chi connectivity index (χ3n) is 5.24. The first-order chi connectivity index (χ1) is 14.5. The second-order valence-electron chi connectivity index (χ2n) is 7.19. The number of aliphatic hydroxyl groups excluding tert-OH is 1. The van der Waals surface area contributed by atoms with Gasteiger partial charge in [0.2, 0.25) is 11.7 Å². The Morgan fingerprint density at radius 2 is 2.13 bits per heavy atom. The van der Waals surface area contributed by atoms with Crippen LogP contribution in [0.2, 0.25) is 0 Å². The minimum atomic E-state index is -0.917. The van der Waals surface area contributed by atoms with E-state index in [2.05, 4.69) is 30.9 Å². The number of hydrogen-bond acceptors (Lipinski definition) is 6. The number of pyridine rings is 1. The summed E-state index contributed by atoms with van der Waals surface area (Å²) in [6, 6.07) is 11.3. The predicted molar refractivity (Wildman–Crippen MR) is 112 cm³/mol. The van der Waals surface area contributed by atoms with E-state index in [1.54, 1.807) is 11.2 Å². The van der Waals surface area contributed by atoms with E-state index in [0.29, 0.717) is 13.0 Å². The van der Waals surface area contributed by atoms with Gasteiger partial charge >= 0.3 is 0 Å². The van der Waals surface area contributed by atoms with E-state index in [1.807, 2.05) is 36.4 Å². The number of amides is 1. The van der Waals surface area contributed by atoms with Gasteiger partial charge in [-0.1, -0.05) is 24.3 Å². The highest BCUT2D eigenvalue weighted by Crippen LogP contribution is 2.35. The number of carbonyl (C=O) groups excluding carboxylic acids is 1. The van der Waals surface area contributed by atoms with E-state index >= 15 is 0 Å². The molecule has 0 bridgehead atoms. The van der Waals surface area contributed by atoms with Crippen molar-refractivity contribution >= 4 is 32.7 Å². The van der Waals surface area contributed by atoms with Crippen molar-refractivity contribution in [3.63, 3.8) is 0 Å². The average molecular weight is 468 g/mol. The van der Waals surface area contributed by atoms with Gasteiger partial charge in [-0.25, -0.2) is 9.97 Å². The number of rotatable bonds is 3. The van der Waals surface area contributed by atoms with Crippen molar-refractivity contribution in [3.05, 3.63) is 76.1 Å². The number of H-pyrrole nitrogens is 1. The number of nitrogens with zero attached hydrogens (tertiary/aromatic N) is 4. The molecule has 0 fully saturated rings. The summed E-state index contributed by atoms with van der Waals surface area (Å²) in [7, 11) is 0. The number of carbonyl (C=O) groups is 1. The first-order valence-electron chi connectivity index (χ1n) is 9.56. The van der Waals surface area contributed by atoms with E-state index in [9.17, 15) is 9.90 Å². The summed E-state index contributed by atoms with van der Waals surface area (Å²) >= 11 is 3.28. The Morgan fingerprint density at radius 1 is 1.30 bits per heavy atom. The monoisotopic (exact) mass is 467 g/mol. The summed E-state index contributed by atoms with van der Waals surface area (Å²) in [6.45, 7) is 2.00. The normalized spacial score (nSPS) is 17.2. The molecule has 1 aliphatic heterocycles. The fraction of sp³-hybridized carbons (Fsp3) is 0.238. The van der Waals surface area contributed by atoms with Crippen LogP contribution in [0.3, 0.4) is 0 Å². The molecule has 30 heavy (non-hydrogen) atoms. The average Bonchev–Trinajstić information content (AvgIpc) is 3.38. The maximum Gasteiger partial charge on any atom is 0.293 e. The van der Waals surface area contributed by atoms with Gasteiger partial charge < -0.3 is 19.4 Å². The number of benzene rings is 1. The van der Waals surface area contributed by atoms with Crippen LogP contribution in [0, 0.1) is 0 Å². The molecule has 0 saturated heterocycles. The van der Waals surface area contributed by atoms with Crippen molar-refractivity contribution in [2.24, 2.45) is 0 Å². The van der Waals surface area contributed by atoms with Crippen molar-refractivity contribution in [2.75, 3.05) is 6.54 Å². The fourth-order valence-corrected chi connectivity index (χ4v) is 4.21. The molecule has 1 aliphatic rings. The van der Waals surface area contributed by atoms with Gasteiger partial charge in [-0.05, 0) is 35.0 Å². The van der Waals surface area contributed by atoms with Gasteiger partial charge in [0.1, 0.15) is 12.1 Å². The third kappa shape index (κ3) is 3.10. The lowest BCUT2D eigenvalue weighted by molar-refractivity contribution is 0.0644. The summed E-state index contributed by atoms with van der Waals surface area (Å²) < 4.78 is 5.83. The largest absolute Gasteiger partial charge is 0.431 e. The Morgan fingerprint density at radius 3 is 2.93 bits per heavy atom. The van der Waals surface area contributed by atoms with Crippen LogP contribution >= 0.6 is 15.9 Å². The van der Waals surface area contributed by atoms with E-state index in [0.717, 1.165) is 28.0 Å². The van der Waals surface area contributed by atoms with Crippen molar-refractivity contribution in [3.8, 4) is 0 Å². The summed E-state index contributed by atoms with van der Waals surface area (Å²) in [5, 5.41) is 10.8. The Balaban J connectivity index is 1.60. The van der Waals surface area contributed by atoms with Crippen LogP contribution in [0.25, 0.3) is 10.9 Å². The van der Waals surface area contributed by atoms with Crippen molar-refractivity contribution in [1.82, 2.24) is 24.8 Å². The highest BCUT2D eigenvalue weighted by atomic mass is 79.9. The lowest BCUT2D eigenvalue weighted by Gasteiger charge is -2.34. The minimum absolute atomic E-state index is 0.0516. The number of aromatic amines is 1. The van der Waals surface area contributed by atoms with Crippen LogP contribution in [0.5, 0.6) is 0 Å². The molecule has 1 aromatic carbocycles. The van der Waals surface area contributed by atoms with Gasteiger partial charge in [0.05, 0.1) is 23.2 Å². The Kier molecular flexibility index (Phi) is 4.63.